The first-order chi connectivity index (χ1) is 9.74. The lowest BCUT2D eigenvalue weighted by Crippen LogP contribution is -2.45. The van der Waals surface area contributed by atoms with Gasteiger partial charge in [0.25, 0.3) is 0 Å². The summed E-state index contributed by atoms with van der Waals surface area (Å²) in [5, 5.41) is 0. The first kappa shape index (κ1) is 16.8. The van der Waals surface area contributed by atoms with Crippen molar-refractivity contribution >= 4 is 25.6 Å². The van der Waals surface area contributed by atoms with Crippen molar-refractivity contribution < 1.29 is 9.39 Å². The van der Waals surface area contributed by atoms with Crippen LogP contribution in [0.3, 0.4) is 0 Å². The monoisotopic (exact) mass is 305 g/mol. The quantitative estimate of drug-likeness (QED) is 0.638. The number of hydrogen-bond donors (Lipinski definition) is 1. The normalized spacial score (nSPS) is 16.5. The van der Waals surface area contributed by atoms with Gasteiger partial charge in [-0.1, -0.05) is 18.6 Å². The molecule has 0 N–H and O–H groups in total. The molecular weight excluding hydrogens is 279 g/mol. The van der Waals surface area contributed by atoms with Crippen LogP contribution in [-0.2, 0) is 4.65 Å². The van der Waals surface area contributed by atoms with Gasteiger partial charge in [0.1, 0.15) is 5.75 Å². The molecule has 0 heterocycles. The number of thiol groups is 1. The predicted molar refractivity (Wildman–Crippen MR) is 93.2 cm³/mol. The summed E-state index contributed by atoms with van der Waals surface area (Å²) >= 11 is 4.62. The first-order valence-electron chi connectivity index (χ1n) is 7.66. The molecule has 0 spiro atoms. The van der Waals surface area contributed by atoms with Crippen molar-refractivity contribution in [1.29, 1.82) is 0 Å². The maximum absolute atomic E-state index is 5.98. The molecule has 115 valence electrons. The molecule has 4 heteroatoms. The van der Waals surface area contributed by atoms with Crippen LogP contribution in [0.15, 0.2) is 18.2 Å². The summed E-state index contributed by atoms with van der Waals surface area (Å²) < 4.78 is 11.3. The third-order valence-electron chi connectivity index (χ3n) is 4.79. The van der Waals surface area contributed by atoms with Crippen LogP contribution in [-0.4, -0.2) is 24.9 Å². The molecule has 1 aliphatic carbocycles. The molecule has 21 heavy (non-hydrogen) atoms. The minimum absolute atomic E-state index is 0.234. The first-order valence-corrected chi connectivity index (χ1v) is 8.10. The summed E-state index contributed by atoms with van der Waals surface area (Å²) in [6.45, 7) is 8.21. The van der Waals surface area contributed by atoms with Crippen LogP contribution in [0.25, 0.3) is 0 Å². The highest BCUT2D eigenvalue weighted by atomic mass is 32.1. The molecule has 1 radical (unpaired) electrons. The van der Waals surface area contributed by atoms with Crippen molar-refractivity contribution in [2.24, 2.45) is 0 Å². The van der Waals surface area contributed by atoms with E-state index in [1.165, 1.54) is 24.8 Å². The molecule has 0 aromatic heterocycles. The van der Waals surface area contributed by atoms with Crippen molar-refractivity contribution in [2.75, 3.05) is 7.11 Å². The highest BCUT2D eigenvalue weighted by Crippen LogP contribution is 2.37. The molecule has 0 atom stereocenters. The summed E-state index contributed by atoms with van der Waals surface area (Å²) in [5.74, 6) is 1.59. The Bertz CT molecular complexity index is 490. The van der Waals surface area contributed by atoms with Gasteiger partial charge in [0.2, 0.25) is 0 Å². The minimum Gasteiger partial charge on any atom is -0.497 e. The minimum atomic E-state index is -0.367. The molecule has 1 aromatic carbocycles. The fourth-order valence-corrected chi connectivity index (χ4v) is 2.23. The lowest BCUT2D eigenvalue weighted by atomic mass is 9.77. The van der Waals surface area contributed by atoms with Crippen LogP contribution < -0.4 is 10.2 Å². The molecule has 0 saturated heterocycles. The zero-order chi connectivity index (χ0) is 15.7. The van der Waals surface area contributed by atoms with E-state index in [0.717, 1.165) is 11.2 Å². The Kier molecular flexibility index (Phi) is 4.99. The Morgan fingerprint density at radius 1 is 1.19 bits per heavy atom. The number of methoxy groups -OCH3 is 1. The molecule has 1 fully saturated rings. The van der Waals surface area contributed by atoms with Gasteiger partial charge in [0, 0.05) is 4.75 Å². The average molecular weight is 305 g/mol. The number of benzene rings is 1. The molecular formula is C17H26BO2S. The Morgan fingerprint density at radius 2 is 1.86 bits per heavy atom. The second-order valence-corrected chi connectivity index (χ2v) is 8.05. The molecule has 0 amide bonds. The highest BCUT2D eigenvalue weighted by molar-refractivity contribution is 7.81. The number of hydrogen-bond acceptors (Lipinski definition) is 3. The SMILES string of the molecule is COc1cc(C2CCC2)ccc1[B]OC(C)(C)C(C)(C)S. The van der Waals surface area contributed by atoms with Gasteiger partial charge in [-0.25, -0.2) is 0 Å². The van der Waals surface area contributed by atoms with Gasteiger partial charge in [0.15, 0.2) is 0 Å². The number of rotatable bonds is 6. The Labute approximate surface area is 135 Å². The van der Waals surface area contributed by atoms with Crippen LogP contribution in [0.2, 0.25) is 0 Å². The molecule has 1 aromatic rings. The van der Waals surface area contributed by atoms with Crippen LogP contribution in [0, 0.1) is 0 Å². The maximum atomic E-state index is 5.98. The summed E-state index contributed by atoms with van der Waals surface area (Å²) in [7, 11) is 3.51. The van der Waals surface area contributed by atoms with E-state index in [-0.39, 0.29) is 10.3 Å². The van der Waals surface area contributed by atoms with Gasteiger partial charge >= 0.3 is 7.48 Å². The topological polar surface area (TPSA) is 18.5 Å². The van der Waals surface area contributed by atoms with Gasteiger partial charge in [-0.05, 0) is 63.5 Å². The van der Waals surface area contributed by atoms with Gasteiger partial charge in [-0.2, -0.15) is 12.6 Å². The fraction of sp³-hybridized carbons (Fsp3) is 0.647. The van der Waals surface area contributed by atoms with E-state index >= 15 is 0 Å². The van der Waals surface area contributed by atoms with E-state index in [4.69, 9.17) is 9.39 Å². The average Bonchev–Trinajstić information content (AvgIpc) is 2.33. The molecule has 1 saturated carbocycles. The van der Waals surface area contributed by atoms with E-state index in [0.29, 0.717) is 5.92 Å². The summed E-state index contributed by atoms with van der Waals surface area (Å²) in [6.07, 6.45) is 3.93. The zero-order valence-corrected chi connectivity index (χ0v) is 14.7. The van der Waals surface area contributed by atoms with Crippen LogP contribution in [0.4, 0.5) is 0 Å². The Balaban J connectivity index is 2.09. The van der Waals surface area contributed by atoms with Crippen LogP contribution >= 0.6 is 12.6 Å². The summed E-state index contributed by atoms with van der Waals surface area (Å²) in [6, 6.07) is 6.44. The molecule has 2 nitrogen and oxygen atoms in total. The van der Waals surface area contributed by atoms with Crippen molar-refractivity contribution in [3.63, 3.8) is 0 Å². The second-order valence-electron chi connectivity index (χ2n) is 6.93. The van der Waals surface area contributed by atoms with E-state index < -0.39 is 0 Å². The van der Waals surface area contributed by atoms with Crippen molar-refractivity contribution in [3.8, 4) is 5.75 Å². The molecule has 0 aliphatic heterocycles. The standard InChI is InChI=1S/C17H26BO2S/c1-16(2,17(3,4)21)20-18-14-10-9-13(11-15(14)19-5)12-7-6-8-12/h9-12,21H,6-8H2,1-5H3. The maximum Gasteiger partial charge on any atom is 0.334 e. The van der Waals surface area contributed by atoms with E-state index in [9.17, 15) is 0 Å². The lowest BCUT2D eigenvalue weighted by molar-refractivity contribution is 0.0853. The van der Waals surface area contributed by atoms with Gasteiger partial charge in [0.05, 0.1) is 12.7 Å². The molecule has 0 unspecified atom stereocenters. The molecule has 1 aliphatic rings. The fourth-order valence-electron chi connectivity index (χ4n) is 2.18. The predicted octanol–water partition coefficient (Wildman–Crippen LogP) is 3.71. The largest absolute Gasteiger partial charge is 0.497 e. The van der Waals surface area contributed by atoms with E-state index in [1.807, 2.05) is 13.8 Å². The van der Waals surface area contributed by atoms with Crippen LogP contribution in [0.5, 0.6) is 5.75 Å². The number of ether oxygens (including phenoxy) is 1. The van der Waals surface area contributed by atoms with Gasteiger partial charge < -0.3 is 9.39 Å². The van der Waals surface area contributed by atoms with Crippen LogP contribution in [0.1, 0.15) is 58.4 Å². The Morgan fingerprint density at radius 3 is 2.33 bits per heavy atom. The summed E-state index contributed by atoms with van der Waals surface area (Å²) in [4.78, 5) is 0. The highest BCUT2D eigenvalue weighted by Gasteiger charge is 2.34. The van der Waals surface area contributed by atoms with Crippen molar-refractivity contribution in [1.82, 2.24) is 0 Å². The lowest BCUT2D eigenvalue weighted by Gasteiger charge is -2.38. The second kappa shape index (κ2) is 6.25. The Hall–Kier alpha value is -0.605. The third-order valence-corrected chi connectivity index (χ3v) is 5.33. The third kappa shape index (κ3) is 3.78. The van der Waals surface area contributed by atoms with Gasteiger partial charge in [-0.3, -0.25) is 0 Å². The summed E-state index contributed by atoms with van der Waals surface area (Å²) in [5.41, 5.74) is 1.99. The smallest absolute Gasteiger partial charge is 0.334 e. The molecule has 0 bridgehead atoms. The molecule has 2 rings (SSSR count). The van der Waals surface area contributed by atoms with Crippen molar-refractivity contribution in [3.05, 3.63) is 23.8 Å². The zero-order valence-electron chi connectivity index (χ0n) is 13.8. The van der Waals surface area contributed by atoms with E-state index in [1.54, 1.807) is 14.6 Å². The van der Waals surface area contributed by atoms with E-state index in [2.05, 4.69) is 44.7 Å². The van der Waals surface area contributed by atoms with Crippen molar-refractivity contribution in [2.45, 2.75) is 63.2 Å². The van der Waals surface area contributed by atoms with Gasteiger partial charge in [-0.15, -0.1) is 0 Å².